The van der Waals surface area contributed by atoms with E-state index in [1.54, 1.807) is 0 Å². The predicted octanol–water partition coefficient (Wildman–Crippen LogP) is 5.92. The molecule has 0 heterocycles. The fourth-order valence-corrected chi connectivity index (χ4v) is 5.25. The molecule has 16 heavy (non-hydrogen) atoms. The maximum Gasteiger partial charge on any atom is 0.0151 e. The molecule has 0 amide bonds. The molecule has 1 saturated carbocycles. The Labute approximate surface area is 110 Å². The number of hydrogen-bond donors (Lipinski definition) is 0. The third-order valence-electron chi connectivity index (χ3n) is 3.61. The van der Waals surface area contributed by atoms with Gasteiger partial charge in [-0.1, -0.05) is 74.0 Å². The largest absolute Gasteiger partial charge is 0.0939 e. The molecule has 0 aromatic carbocycles. The van der Waals surface area contributed by atoms with Crippen LogP contribution in [0.3, 0.4) is 0 Å². The first-order valence-electron chi connectivity index (χ1n) is 7.13. The van der Waals surface area contributed by atoms with E-state index in [9.17, 15) is 0 Å². The van der Waals surface area contributed by atoms with Gasteiger partial charge in [-0.15, -0.1) is 0 Å². The highest BCUT2D eigenvalue weighted by molar-refractivity contribution is 8.76. The molecule has 1 aliphatic rings. The van der Waals surface area contributed by atoms with Gasteiger partial charge in [0.15, 0.2) is 0 Å². The van der Waals surface area contributed by atoms with Crippen molar-refractivity contribution in [2.75, 3.05) is 5.75 Å². The summed E-state index contributed by atoms with van der Waals surface area (Å²) in [4.78, 5) is 0. The van der Waals surface area contributed by atoms with Crippen LogP contribution in [0.2, 0.25) is 0 Å². The van der Waals surface area contributed by atoms with Gasteiger partial charge in [-0.3, -0.25) is 0 Å². The van der Waals surface area contributed by atoms with Crippen LogP contribution >= 0.6 is 21.6 Å². The normalized spacial score (nSPS) is 19.9. The van der Waals surface area contributed by atoms with E-state index in [0.717, 1.165) is 11.2 Å². The molecule has 0 aromatic rings. The van der Waals surface area contributed by atoms with E-state index in [4.69, 9.17) is 0 Å². The molecule has 0 spiro atoms. The van der Waals surface area contributed by atoms with Gasteiger partial charge in [0, 0.05) is 11.0 Å². The maximum absolute atomic E-state index is 2.44. The number of unbranched alkanes of at least 4 members (excludes halogenated alkanes) is 3. The Morgan fingerprint density at radius 2 is 1.81 bits per heavy atom. The van der Waals surface area contributed by atoms with Crippen LogP contribution in [0.1, 0.15) is 71.6 Å². The molecule has 0 nitrogen and oxygen atoms in total. The Balaban J connectivity index is 1.94. The summed E-state index contributed by atoms with van der Waals surface area (Å²) in [5.41, 5.74) is 0. The monoisotopic (exact) mass is 260 g/mol. The minimum atomic E-state index is 0.886. The lowest BCUT2D eigenvalue weighted by molar-refractivity contribution is 0.357. The zero-order valence-electron chi connectivity index (χ0n) is 11.0. The van der Waals surface area contributed by atoms with Crippen molar-refractivity contribution < 1.29 is 0 Å². The third-order valence-corrected chi connectivity index (χ3v) is 6.71. The lowest BCUT2D eigenvalue weighted by Gasteiger charge is -2.26. The molecule has 1 fully saturated rings. The van der Waals surface area contributed by atoms with Gasteiger partial charge in [-0.25, -0.2) is 0 Å². The molecule has 0 bridgehead atoms. The van der Waals surface area contributed by atoms with E-state index in [1.165, 1.54) is 63.5 Å². The topological polar surface area (TPSA) is 0 Å². The zero-order chi connectivity index (χ0) is 11.6. The Hall–Kier alpha value is 0.700. The molecular formula is C14H28S2. The van der Waals surface area contributed by atoms with Crippen LogP contribution < -0.4 is 0 Å². The quantitative estimate of drug-likeness (QED) is 0.392. The molecule has 1 rings (SSSR count). The molecule has 96 valence electrons. The highest BCUT2D eigenvalue weighted by Crippen LogP contribution is 2.38. The Bertz CT molecular complexity index is 153. The minimum Gasteiger partial charge on any atom is -0.0939 e. The summed E-state index contributed by atoms with van der Waals surface area (Å²) in [6.07, 6.45) is 13.1. The summed E-state index contributed by atoms with van der Waals surface area (Å²) in [6.45, 7) is 4.73. The third kappa shape index (κ3) is 6.44. The first-order chi connectivity index (χ1) is 7.84. The summed E-state index contributed by atoms with van der Waals surface area (Å²) >= 11 is 0. The number of hydrogen-bond acceptors (Lipinski definition) is 2. The Morgan fingerprint density at radius 3 is 2.50 bits per heavy atom. The van der Waals surface area contributed by atoms with E-state index >= 15 is 0 Å². The van der Waals surface area contributed by atoms with Gasteiger partial charge in [0.05, 0.1) is 0 Å². The Morgan fingerprint density at radius 1 is 1.06 bits per heavy atom. The van der Waals surface area contributed by atoms with E-state index in [-0.39, 0.29) is 0 Å². The van der Waals surface area contributed by atoms with Gasteiger partial charge in [0.25, 0.3) is 0 Å². The van der Waals surface area contributed by atoms with Crippen molar-refractivity contribution in [2.45, 2.75) is 76.9 Å². The van der Waals surface area contributed by atoms with Gasteiger partial charge in [-0.2, -0.15) is 0 Å². The van der Waals surface area contributed by atoms with Crippen molar-refractivity contribution in [3.8, 4) is 0 Å². The van der Waals surface area contributed by atoms with Crippen molar-refractivity contribution in [2.24, 2.45) is 5.92 Å². The second-order valence-electron chi connectivity index (χ2n) is 5.08. The second-order valence-corrected chi connectivity index (χ2v) is 7.95. The molecule has 0 radical (unpaired) electrons. The summed E-state index contributed by atoms with van der Waals surface area (Å²) in [6, 6.07) is 0. The van der Waals surface area contributed by atoms with Crippen LogP contribution in [-0.4, -0.2) is 11.0 Å². The summed E-state index contributed by atoms with van der Waals surface area (Å²) in [5, 5.41) is 0.886. The number of rotatable bonds is 8. The van der Waals surface area contributed by atoms with E-state index in [0.29, 0.717) is 0 Å². The van der Waals surface area contributed by atoms with Crippen LogP contribution in [0, 0.1) is 5.92 Å². The van der Waals surface area contributed by atoms with Crippen molar-refractivity contribution in [3.05, 3.63) is 0 Å². The summed E-state index contributed by atoms with van der Waals surface area (Å²) in [7, 11) is 4.28. The summed E-state index contributed by atoms with van der Waals surface area (Å²) < 4.78 is 0. The van der Waals surface area contributed by atoms with Crippen molar-refractivity contribution in [1.29, 1.82) is 0 Å². The fraction of sp³-hybridized carbons (Fsp3) is 1.00. The minimum absolute atomic E-state index is 0.886. The maximum atomic E-state index is 2.44. The van der Waals surface area contributed by atoms with Gasteiger partial charge < -0.3 is 0 Å². The molecule has 1 unspecified atom stereocenters. The van der Waals surface area contributed by atoms with Gasteiger partial charge in [0.1, 0.15) is 0 Å². The van der Waals surface area contributed by atoms with Gasteiger partial charge in [0.2, 0.25) is 0 Å². The van der Waals surface area contributed by atoms with Crippen LogP contribution in [-0.2, 0) is 0 Å². The molecule has 1 aliphatic carbocycles. The molecule has 0 saturated heterocycles. The first-order valence-corrected chi connectivity index (χ1v) is 9.51. The SMILES string of the molecule is CCCCCCSSC(C)C1CCCCC1. The molecule has 0 aliphatic heterocycles. The summed E-state index contributed by atoms with van der Waals surface area (Å²) in [5.74, 6) is 2.38. The zero-order valence-corrected chi connectivity index (χ0v) is 12.7. The average Bonchev–Trinajstić information content (AvgIpc) is 2.34. The highest BCUT2D eigenvalue weighted by Gasteiger charge is 2.20. The second kappa shape index (κ2) is 9.70. The average molecular weight is 261 g/mol. The van der Waals surface area contributed by atoms with Crippen LogP contribution in [0.25, 0.3) is 0 Å². The fourth-order valence-electron chi connectivity index (χ4n) is 2.43. The van der Waals surface area contributed by atoms with E-state index < -0.39 is 0 Å². The first kappa shape index (κ1) is 14.8. The van der Waals surface area contributed by atoms with Crippen LogP contribution in [0.5, 0.6) is 0 Å². The van der Waals surface area contributed by atoms with Gasteiger partial charge in [-0.05, 0) is 25.2 Å². The smallest absolute Gasteiger partial charge is 0.0151 e. The van der Waals surface area contributed by atoms with Crippen molar-refractivity contribution in [1.82, 2.24) is 0 Å². The Kier molecular flexibility index (Phi) is 8.95. The van der Waals surface area contributed by atoms with Gasteiger partial charge >= 0.3 is 0 Å². The van der Waals surface area contributed by atoms with Crippen molar-refractivity contribution in [3.63, 3.8) is 0 Å². The molecule has 1 atom stereocenters. The lowest BCUT2D eigenvalue weighted by atomic mass is 9.87. The van der Waals surface area contributed by atoms with Crippen LogP contribution in [0.4, 0.5) is 0 Å². The highest BCUT2D eigenvalue weighted by atomic mass is 33.1. The van der Waals surface area contributed by atoms with E-state index in [2.05, 4.69) is 35.4 Å². The lowest BCUT2D eigenvalue weighted by Crippen LogP contribution is -2.16. The standard InChI is InChI=1S/C14H28S2/c1-3-4-5-9-12-15-16-13(2)14-10-7-6-8-11-14/h13-14H,3-12H2,1-2H3. The van der Waals surface area contributed by atoms with Crippen molar-refractivity contribution >= 4 is 21.6 Å². The molecule has 0 aromatic heterocycles. The molecule has 2 heteroatoms. The van der Waals surface area contributed by atoms with E-state index in [1.807, 2.05) is 0 Å². The molecular weight excluding hydrogens is 232 g/mol. The predicted molar refractivity (Wildman–Crippen MR) is 80.2 cm³/mol. The molecule has 0 N–H and O–H groups in total. The van der Waals surface area contributed by atoms with Crippen LogP contribution in [0.15, 0.2) is 0 Å².